The summed E-state index contributed by atoms with van der Waals surface area (Å²) in [7, 11) is 0. The first-order chi connectivity index (χ1) is 14.7. The number of carbonyl (C=O) groups excluding carboxylic acids is 1. The van der Waals surface area contributed by atoms with E-state index in [2.05, 4.69) is 32.8 Å². The zero-order valence-corrected chi connectivity index (χ0v) is 19.3. The maximum atomic E-state index is 13.7. The van der Waals surface area contributed by atoms with Gasteiger partial charge in [-0.05, 0) is 64.9 Å². The fourth-order valence-electron chi connectivity index (χ4n) is 3.55. The molecule has 0 atom stereocenters. The molecule has 1 aliphatic heterocycles. The van der Waals surface area contributed by atoms with Crippen LogP contribution in [0.4, 0.5) is 18.9 Å². The number of hydrogen-bond donors (Lipinski definition) is 2. The van der Waals surface area contributed by atoms with Crippen LogP contribution in [-0.4, -0.2) is 60.1 Å². The van der Waals surface area contributed by atoms with Crippen molar-refractivity contribution in [2.75, 3.05) is 44.6 Å². The van der Waals surface area contributed by atoms with Crippen molar-refractivity contribution < 1.29 is 23.1 Å². The number of amides is 1. The van der Waals surface area contributed by atoms with Gasteiger partial charge in [0.15, 0.2) is 0 Å². The monoisotopic (exact) mass is 547 g/mol. The molecule has 1 aliphatic rings. The lowest BCUT2D eigenvalue weighted by molar-refractivity contribution is -0.138. The van der Waals surface area contributed by atoms with E-state index in [0.29, 0.717) is 38.4 Å². The van der Waals surface area contributed by atoms with Gasteiger partial charge in [0.05, 0.1) is 12.2 Å². The highest BCUT2D eigenvalue weighted by Crippen LogP contribution is 2.33. The normalized spacial score (nSPS) is 15.8. The third-order valence-electron chi connectivity index (χ3n) is 5.38. The number of nitrogens with zero attached hydrogens (tertiary/aromatic N) is 2. The Balaban J connectivity index is 1.75. The van der Waals surface area contributed by atoms with Gasteiger partial charge < -0.3 is 10.4 Å². The van der Waals surface area contributed by atoms with Crippen LogP contribution in [-0.2, 0) is 12.7 Å². The van der Waals surface area contributed by atoms with Gasteiger partial charge in [0.25, 0.3) is 5.91 Å². The molecule has 0 unspecified atom stereocenters. The summed E-state index contributed by atoms with van der Waals surface area (Å²) in [4.78, 5) is 16.6. The summed E-state index contributed by atoms with van der Waals surface area (Å²) in [6, 6.07) is 9.14. The molecule has 0 radical (unpaired) electrons. The van der Waals surface area contributed by atoms with Crippen molar-refractivity contribution in [3.63, 3.8) is 0 Å². The van der Waals surface area contributed by atoms with Gasteiger partial charge in [-0.2, -0.15) is 13.2 Å². The summed E-state index contributed by atoms with van der Waals surface area (Å²) in [5.41, 5.74) is 0.943. The first-order valence-corrected chi connectivity index (χ1v) is 11.1. The highest BCUT2D eigenvalue weighted by atomic mass is 127. The second-order valence-electron chi connectivity index (χ2n) is 7.63. The molecule has 0 bridgehead atoms. The number of rotatable bonds is 6. The highest BCUT2D eigenvalue weighted by Gasteiger charge is 2.34. The van der Waals surface area contributed by atoms with E-state index in [0.717, 1.165) is 15.2 Å². The molecular formula is C22H25F3IN3O2. The fraction of sp³-hybridized carbons (Fsp3) is 0.409. The van der Waals surface area contributed by atoms with E-state index in [1.165, 1.54) is 12.1 Å². The molecule has 9 heteroatoms. The minimum Gasteiger partial charge on any atom is -0.395 e. The number of anilines is 1. The first-order valence-electron chi connectivity index (χ1n) is 10.0. The number of aliphatic hydroxyl groups excluding tert-OH is 1. The van der Waals surface area contributed by atoms with Crippen LogP contribution in [0.15, 0.2) is 36.4 Å². The third-order valence-corrected chi connectivity index (χ3v) is 6.54. The number of piperazine rings is 1. The lowest BCUT2D eigenvalue weighted by Gasteiger charge is -2.34. The van der Waals surface area contributed by atoms with Crippen molar-refractivity contribution in [2.45, 2.75) is 19.6 Å². The average Bonchev–Trinajstić information content (AvgIpc) is 2.72. The predicted molar refractivity (Wildman–Crippen MR) is 122 cm³/mol. The number of carbonyl (C=O) groups is 1. The second kappa shape index (κ2) is 10.3. The van der Waals surface area contributed by atoms with Crippen LogP contribution in [0.1, 0.15) is 27.0 Å². The molecule has 1 fully saturated rings. The van der Waals surface area contributed by atoms with Crippen molar-refractivity contribution >= 4 is 34.2 Å². The number of nitrogens with one attached hydrogen (secondary N) is 1. The van der Waals surface area contributed by atoms with Crippen LogP contribution in [0, 0.1) is 10.5 Å². The average molecular weight is 547 g/mol. The van der Waals surface area contributed by atoms with Gasteiger partial charge in [-0.3, -0.25) is 14.6 Å². The van der Waals surface area contributed by atoms with Gasteiger partial charge >= 0.3 is 6.18 Å². The van der Waals surface area contributed by atoms with Gasteiger partial charge in [0, 0.05) is 54.1 Å². The van der Waals surface area contributed by atoms with Crippen LogP contribution >= 0.6 is 22.6 Å². The van der Waals surface area contributed by atoms with Crippen LogP contribution in [0.3, 0.4) is 0 Å². The molecule has 0 aromatic heterocycles. The molecule has 1 amide bonds. The third kappa shape index (κ3) is 6.41. The van der Waals surface area contributed by atoms with Crippen LogP contribution < -0.4 is 5.32 Å². The molecule has 1 saturated heterocycles. The molecule has 1 heterocycles. The van der Waals surface area contributed by atoms with Crippen molar-refractivity contribution in [1.82, 2.24) is 9.80 Å². The van der Waals surface area contributed by atoms with Gasteiger partial charge in [0.2, 0.25) is 0 Å². The maximum absolute atomic E-state index is 13.7. The van der Waals surface area contributed by atoms with E-state index >= 15 is 0 Å². The van der Waals surface area contributed by atoms with Crippen molar-refractivity contribution in [1.29, 1.82) is 0 Å². The van der Waals surface area contributed by atoms with Crippen molar-refractivity contribution in [3.05, 3.63) is 62.2 Å². The number of benzene rings is 2. The summed E-state index contributed by atoms with van der Waals surface area (Å²) in [5, 5.41) is 11.7. The molecule has 31 heavy (non-hydrogen) atoms. The van der Waals surface area contributed by atoms with E-state index in [1.54, 1.807) is 12.1 Å². The summed E-state index contributed by atoms with van der Waals surface area (Å²) >= 11 is 2.14. The number of aryl methyl sites for hydroxylation is 1. The summed E-state index contributed by atoms with van der Waals surface area (Å²) < 4.78 is 42.2. The minimum absolute atomic E-state index is 0.0283. The molecular weight excluding hydrogens is 522 g/mol. The Hall–Kier alpha value is -1.69. The van der Waals surface area contributed by atoms with Gasteiger partial charge in [0.1, 0.15) is 0 Å². The Bertz CT molecular complexity index is 929. The smallest absolute Gasteiger partial charge is 0.395 e. The Morgan fingerprint density at radius 3 is 2.39 bits per heavy atom. The number of hydrogen-bond acceptors (Lipinski definition) is 4. The molecule has 2 N–H and O–H groups in total. The standard InChI is InChI=1S/C22H25F3IN3O2/c1-15-2-5-18(13-20(15)26)27-21(31)16-3-4-17(19(12-16)22(23,24)25)14-29-8-6-28(7-9-29)10-11-30/h2-5,12-13,30H,6-11,14H2,1H3,(H,27,31). The molecule has 2 aromatic carbocycles. The number of β-amino-alcohol motifs (C(OH)–C–C–N with tert-alkyl or cyclic N) is 1. The molecule has 0 spiro atoms. The van der Waals surface area contributed by atoms with Crippen LogP contribution in [0.25, 0.3) is 0 Å². The van der Waals surface area contributed by atoms with E-state index in [4.69, 9.17) is 5.11 Å². The SMILES string of the molecule is Cc1ccc(NC(=O)c2ccc(CN3CCN(CCO)CC3)c(C(F)(F)F)c2)cc1I. The van der Waals surface area contributed by atoms with Gasteiger partial charge in [-0.15, -0.1) is 0 Å². The summed E-state index contributed by atoms with van der Waals surface area (Å²) in [6.45, 7) is 5.43. The second-order valence-corrected chi connectivity index (χ2v) is 8.79. The lowest BCUT2D eigenvalue weighted by Crippen LogP contribution is -2.46. The van der Waals surface area contributed by atoms with E-state index < -0.39 is 17.6 Å². The Kier molecular flexibility index (Phi) is 7.95. The molecule has 168 valence electrons. The molecule has 0 saturated carbocycles. The highest BCUT2D eigenvalue weighted by molar-refractivity contribution is 14.1. The topological polar surface area (TPSA) is 55.8 Å². The predicted octanol–water partition coefficient (Wildman–Crippen LogP) is 3.98. The van der Waals surface area contributed by atoms with E-state index in [1.807, 2.05) is 17.9 Å². The van der Waals surface area contributed by atoms with Gasteiger partial charge in [-0.25, -0.2) is 0 Å². The lowest BCUT2D eigenvalue weighted by atomic mass is 10.0. The number of halogens is 4. The Morgan fingerprint density at radius 2 is 1.77 bits per heavy atom. The number of aliphatic hydroxyl groups is 1. The quantitative estimate of drug-likeness (QED) is 0.538. The van der Waals surface area contributed by atoms with E-state index in [9.17, 15) is 18.0 Å². The summed E-state index contributed by atoms with van der Waals surface area (Å²) in [5.74, 6) is -0.575. The zero-order valence-electron chi connectivity index (χ0n) is 17.2. The molecule has 2 aromatic rings. The van der Waals surface area contributed by atoms with Crippen molar-refractivity contribution in [3.8, 4) is 0 Å². The molecule has 5 nitrogen and oxygen atoms in total. The first kappa shape index (κ1) is 24.0. The molecule has 0 aliphatic carbocycles. The maximum Gasteiger partial charge on any atom is 0.416 e. The van der Waals surface area contributed by atoms with E-state index in [-0.39, 0.29) is 24.3 Å². The summed E-state index contributed by atoms with van der Waals surface area (Å²) in [6.07, 6.45) is -4.55. The van der Waals surface area contributed by atoms with Crippen LogP contribution in [0.2, 0.25) is 0 Å². The minimum atomic E-state index is -4.55. The molecule has 3 rings (SSSR count). The number of alkyl halides is 3. The largest absolute Gasteiger partial charge is 0.416 e. The fourth-order valence-corrected chi connectivity index (χ4v) is 4.06. The Morgan fingerprint density at radius 1 is 1.10 bits per heavy atom. The van der Waals surface area contributed by atoms with Gasteiger partial charge in [-0.1, -0.05) is 12.1 Å². The van der Waals surface area contributed by atoms with Crippen LogP contribution in [0.5, 0.6) is 0 Å². The zero-order chi connectivity index (χ0) is 22.6. The van der Waals surface area contributed by atoms with Crippen molar-refractivity contribution in [2.24, 2.45) is 0 Å². The Labute approximate surface area is 193 Å².